The topological polar surface area (TPSA) is 45.2 Å². The van der Waals surface area contributed by atoms with E-state index >= 15 is 0 Å². The Balaban J connectivity index is 1.77. The zero-order chi connectivity index (χ0) is 15.0. The number of amides is 1. The van der Waals surface area contributed by atoms with Gasteiger partial charge in [-0.25, -0.2) is 0 Å². The zero-order valence-corrected chi connectivity index (χ0v) is 12.4. The molecule has 112 valence electrons. The molecule has 1 N–H and O–H groups in total. The number of nitrogens with zero attached hydrogens (tertiary/aromatic N) is 2. The van der Waals surface area contributed by atoms with Crippen LogP contribution >= 0.6 is 0 Å². The molecule has 2 aliphatic heterocycles. The molecular formula is C18H19N3O. The molecule has 1 amide bonds. The summed E-state index contributed by atoms with van der Waals surface area (Å²) in [5, 5.41) is 3.37. The molecule has 1 atom stereocenters. The van der Waals surface area contributed by atoms with Crippen LogP contribution in [-0.2, 0) is 4.79 Å². The van der Waals surface area contributed by atoms with Gasteiger partial charge in [-0.05, 0) is 43.6 Å². The number of benzene rings is 1. The van der Waals surface area contributed by atoms with Crippen LogP contribution in [0.5, 0.6) is 0 Å². The van der Waals surface area contributed by atoms with Crippen molar-refractivity contribution in [1.29, 1.82) is 0 Å². The Kier molecular flexibility index (Phi) is 3.19. The van der Waals surface area contributed by atoms with Gasteiger partial charge in [0.25, 0.3) is 0 Å². The minimum absolute atomic E-state index is 0.118. The number of carbonyl (C=O) groups excluding carboxylic acids is 1. The Morgan fingerprint density at radius 3 is 2.55 bits per heavy atom. The minimum atomic E-state index is -0.248. The monoisotopic (exact) mass is 293 g/mol. The summed E-state index contributed by atoms with van der Waals surface area (Å²) in [6.45, 7) is 1.83. The molecule has 0 bridgehead atoms. The first-order chi connectivity index (χ1) is 10.8. The Labute approximate surface area is 130 Å². The van der Waals surface area contributed by atoms with Crippen molar-refractivity contribution >= 4 is 11.6 Å². The number of carbonyl (C=O) groups is 1. The first-order valence-electron chi connectivity index (χ1n) is 7.82. The summed E-state index contributed by atoms with van der Waals surface area (Å²) >= 11 is 0. The Morgan fingerprint density at radius 2 is 1.86 bits per heavy atom. The molecule has 1 aromatic heterocycles. The minimum Gasteiger partial charge on any atom is -0.317 e. The molecule has 3 heterocycles. The van der Waals surface area contributed by atoms with E-state index in [0.717, 1.165) is 31.6 Å². The Bertz CT molecular complexity index is 665. The van der Waals surface area contributed by atoms with Crippen molar-refractivity contribution in [3.05, 3.63) is 60.4 Å². The summed E-state index contributed by atoms with van der Waals surface area (Å²) in [6.07, 6.45) is 5.33. The van der Waals surface area contributed by atoms with E-state index in [9.17, 15) is 4.79 Å². The van der Waals surface area contributed by atoms with Gasteiger partial charge in [-0.3, -0.25) is 9.78 Å². The van der Waals surface area contributed by atoms with Gasteiger partial charge in [0, 0.05) is 6.20 Å². The number of β-lactam (4-membered cyclic amide) rings is 1. The predicted molar refractivity (Wildman–Crippen MR) is 85.4 cm³/mol. The highest BCUT2D eigenvalue weighted by Crippen LogP contribution is 2.56. The van der Waals surface area contributed by atoms with E-state index < -0.39 is 0 Å². The number of piperidine rings is 1. The third-order valence-electron chi connectivity index (χ3n) is 4.96. The summed E-state index contributed by atoms with van der Waals surface area (Å²) in [6, 6.07) is 14.4. The maximum Gasteiger partial charge on any atom is 0.236 e. The summed E-state index contributed by atoms with van der Waals surface area (Å²) < 4.78 is 0. The van der Waals surface area contributed by atoms with Crippen molar-refractivity contribution in [1.82, 2.24) is 10.3 Å². The smallest absolute Gasteiger partial charge is 0.236 e. The predicted octanol–water partition coefficient (Wildman–Crippen LogP) is 2.54. The number of hydrogen-bond donors (Lipinski definition) is 1. The van der Waals surface area contributed by atoms with E-state index in [2.05, 4.69) is 22.4 Å². The van der Waals surface area contributed by atoms with Crippen LogP contribution in [0.1, 0.15) is 24.4 Å². The average molecular weight is 293 g/mol. The molecule has 1 spiro atoms. The van der Waals surface area contributed by atoms with Gasteiger partial charge in [0.2, 0.25) is 5.91 Å². The van der Waals surface area contributed by atoms with Crippen molar-refractivity contribution in [2.45, 2.75) is 18.9 Å². The van der Waals surface area contributed by atoms with Crippen molar-refractivity contribution in [2.24, 2.45) is 5.41 Å². The highest BCUT2D eigenvalue weighted by atomic mass is 16.2. The van der Waals surface area contributed by atoms with Gasteiger partial charge >= 0.3 is 0 Å². The number of nitrogens with one attached hydrogen (secondary N) is 1. The number of anilines is 1. The van der Waals surface area contributed by atoms with Crippen molar-refractivity contribution < 1.29 is 4.79 Å². The molecule has 2 saturated heterocycles. The third kappa shape index (κ3) is 1.87. The van der Waals surface area contributed by atoms with Crippen LogP contribution in [0.25, 0.3) is 0 Å². The Morgan fingerprint density at radius 1 is 1.09 bits per heavy atom. The van der Waals surface area contributed by atoms with Crippen LogP contribution in [0.4, 0.5) is 5.69 Å². The fraction of sp³-hybridized carbons (Fsp3) is 0.333. The molecule has 4 nitrogen and oxygen atoms in total. The highest BCUT2D eigenvalue weighted by molar-refractivity contribution is 6.06. The first kappa shape index (κ1) is 13.5. The SMILES string of the molecule is O=C1N(c2cccnc2)C(c2ccccc2)C12CCNCC2. The molecule has 4 rings (SSSR count). The summed E-state index contributed by atoms with van der Waals surface area (Å²) in [5.41, 5.74) is 1.86. The lowest BCUT2D eigenvalue weighted by Crippen LogP contribution is -2.66. The molecule has 0 radical (unpaired) electrons. The van der Waals surface area contributed by atoms with E-state index in [0.29, 0.717) is 0 Å². The number of rotatable bonds is 2. The maximum absolute atomic E-state index is 13.0. The largest absolute Gasteiger partial charge is 0.317 e. The van der Waals surface area contributed by atoms with Gasteiger partial charge < -0.3 is 10.2 Å². The standard InChI is InChI=1S/C18H19N3O/c22-17-18(8-11-19-12-9-18)16(14-5-2-1-3-6-14)21(17)15-7-4-10-20-13-15/h1-7,10,13,16,19H,8-9,11-12H2. The summed E-state index contributed by atoms with van der Waals surface area (Å²) in [7, 11) is 0. The van der Waals surface area contributed by atoms with E-state index in [1.54, 1.807) is 12.4 Å². The fourth-order valence-corrected chi connectivity index (χ4v) is 3.88. The van der Waals surface area contributed by atoms with Crippen LogP contribution in [0.15, 0.2) is 54.9 Å². The molecule has 2 aliphatic rings. The van der Waals surface area contributed by atoms with Gasteiger partial charge in [0.1, 0.15) is 0 Å². The van der Waals surface area contributed by atoms with Gasteiger partial charge in [-0.15, -0.1) is 0 Å². The second kappa shape index (κ2) is 5.21. The summed E-state index contributed by atoms with van der Waals surface area (Å²) in [4.78, 5) is 19.1. The Hall–Kier alpha value is -2.20. The molecule has 22 heavy (non-hydrogen) atoms. The third-order valence-corrected chi connectivity index (χ3v) is 4.96. The van der Waals surface area contributed by atoms with E-state index in [1.165, 1.54) is 5.56 Å². The average Bonchev–Trinajstić information content (AvgIpc) is 2.61. The lowest BCUT2D eigenvalue weighted by molar-refractivity contribution is -0.142. The van der Waals surface area contributed by atoms with Gasteiger partial charge in [-0.2, -0.15) is 0 Å². The van der Waals surface area contributed by atoms with Gasteiger partial charge in [-0.1, -0.05) is 30.3 Å². The second-order valence-electron chi connectivity index (χ2n) is 6.11. The van der Waals surface area contributed by atoms with Crippen molar-refractivity contribution in [3.8, 4) is 0 Å². The van der Waals surface area contributed by atoms with Crippen LogP contribution in [0.2, 0.25) is 0 Å². The van der Waals surface area contributed by atoms with Gasteiger partial charge in [0.15, 0.2) is 0 Å². The number of hydrogen-bond acceptors (Lipinski definition) is 3. The normalized spacial score (nSPS) is 23.4. The lowest BCUT2D eigenvalue weighted by atomic mass is 9.62. The van der Waals surface area contributed by atoms with Crippen LogP contribution < -0.4 is 10.2 Å². The van der Waals surface area contributed by atoms with Crippen molar-refractivity contribution in [3.63, 3.8) is 0 Å². The maximum atomic E-state index is 13.0. The van der Waals surface area contributed by atoms with Crippen LogP contribution in [0, 0.1) is 5.41 Å². The zero-order valence-electron chi connectivity index (χ0n) is 12.4. The van der Waals surface area contributed by atoms with Gasteiger partial charge in [0.05, 0.1) is 23.3 Å². The second-order valence-corrected chi connectivity index (χ2v) is 6.11. The molecule has 1 aromatic carbocycles. The van der Waals surface area contributed by atoms with E-state index in [1.807, 2.05) is 35.2 Å². The molecule has 0 aliphatic carbocycles. The highest BCUT2D eigenvalue weighted by Gasteiger charge is 2.61. The lowest BCUT2D eigenvalue weighted by Gasteiger charge is -2.57. The number of pyridine rings is 1. The molecule has 2 aromatic rings. The molecule has 1 unspecified atom stereocenters. The number of aromatic nitrogens is 1. The summed E-state index contributed by atoms with van der Waals surface area (Å²) in [5.74, 6) is 0.246. The quantitative estimate of drug-likeness (QED) is 0.866. The van der Waals surface area contributed by atoms with Crippen molar-refractivity contribution in [2.75, 3.05) is 18.0 Å². The molecule has 2 fully saturated rings. The van der Waals surface area contributed by atoms with E-state index in [4.69, 9.17) is 0 Å². The van der Waals surface area contributed by atoms with Crippen LogP contribution in [0.3, 0.4) is 0 Å². The van der Waals surface area contributed by atoms with E-state index in [-0.39, 0.29) is 17.4 Å². The van der Waals surface area contributed by atoms with Crippen LogP contribution in [-0.4, -0.2) is 24.0 Å². The molecule has 0 saturated carbocycles. The fourth-order valence-electron chi connectivity index (χ4n) is 3.88. The molecular weight excluding hydrogens is 274 g/mol. The molecule has 4 heteroatoms. The first-order valence-corrected chi connectivity index (χ1v) is 7.82.